The van der Waals surface area contributed by atoms with Crippen molar-refractivity contribution in [3.8, 4) is 11.3 Å². The maximum absolute atomic E-state index is 11.7. The Balaban J connectivity index is 1.38. The summed E-state index contributed by atoms with van der Waals surface area (Å²) in [4.78, 5) is 27.7. The van der Waals surface area contributed by atoms with Gasteiger partial charge in [0.05, 0.1) is 23.9 Å². The van der Waals surface area contributed by atoms with E-state index in [1.165, 1.54) is 6.08 Å². The highest BCUT2D eigenvalue weighted by molar-refractivity contribution is 5.99. The van der Waals surface area contributed by atoms with Crippen molar-refractivity contribution in [3.05, 3.63) is 79.6 Å². The third-order valence-electron chi connectivity index (χ3n) is 5.99. The van der Waals surface area contributed by atoms with Crippen LogP contribution in [0.5, 0.6) is 0 Å². The summed E-state index contributed by atoms with van der Waals surface area (Å²) in [5, 5.41) is 6.95. The van der Waals surface area contributed by atoms with Crippen molar-refractivity contribution in [2.45, 2.75) is 6.10 Å². The number of carbonyl (C=O) groups excluding carboxylic acids is 1. The second-order valence-corrected chi connectivity index (χ2v) is 8.41. The number of ether oxygens (including phenoxy) is 1. The number of hydrogen-bond acceptors (Lipinski definition) is 8. The molecule has 1 saturated heterocycles. The van der Waals surface area contributed by atoms with Gasteiger partial charge in [-0.15, -0.1) is 0 Å². The average Bonchev–Trinajstić information content (AvgIpc) is 2.93. The standard InChI is InChI=1S/C27H27N7O2/c1-2-25(35)31-20-10-11-29-24(14-20)23-5-3-4-18-16-30-27(33-26(18)23)32-19-6-8-21(9-7-19)34-12-13-36-22(15-28)17-34/h2-11,14,16,22H,1,12-13,15,17,28H2,(H,29,31,35)(H,30,32,33). The fourth-order valence-electron chi connectivity index (χ4n) is 4.15. The van der Waals surface area contributed by atoms with E-state index < -0.39 is 0 Å². The number of nitrogens with two attached hydrogens (primary N) is 1. The molecule has 2 aromatic carbocycles. The summed E-state index contributed by atoms with van der Waals surface area (Å²) in [5.41, 5.74) is 10.7. The van der Waals surface area contributed by atoms with Crippen molar-refractivity contribution < 1.29 is 9.53 Å². The van der Waals surface area contributed by atoms with E-state index in [0.717, 1.165) is 40.9 Å². The number of morpholine rings is 1. The lowest BCUT2D eigenvalue weighted by Gasteiger charge is -2.34. The minimum absolute atomic E-state index is 0.0604. The van der Waals surface area contributed by atoms with Gasteiger partial charge in [0.15, 0.2) is 0 Å². The van der Waals surface area contributed by atoms with E-state index in [4.69, 9.17) is 15.5 Å². The molecule has 0 bridgehead atoms. The third kappa shape index (κ3) is 5.17. The molecule has 36 heavy (non-hydrogen) atoms. The van der Waals surface area contributed by atoms with E-state index in [0.29, 0.717) is 30.5 Å². The summed E-state index contributed by atoms with van der Waals surface area (Å²) >= 11 is 0. The number of para-hydroxylation sites is 1. The van der Waals surface area contributed by atoms with Gasteiger partial charge >= 0.3 is 0 Å². The minimum atomic E-state index is -0.280. The van der Waals surface area contributed by atoms with Gasteiger partial charge in [-0.1, -0.05) is 24.8 Å². The van der Waals surface area contributed by atoms with Crippen molar-refractivity contribution in [1.29, 1.82) is 0 Å². The van der Waals surface area contributed by atoms with Crippen LogP contribution < -0.4 is 21.3 Å². The van der Waals surface area contributed by atoms with Crippen molar-refractivity contribution in [1.82, 2.24) is 15.0 Å². The number of rotatable bonds is 7. The third-order valence-corrected chi connectivity index (χ3v) is 5.99. The molecular weight excluding hydrogens is 454 g/mol. The Hall–Kier alpha value is -4.34. The molecule has 3 heterocycles. The van der Waals surface area contributed by atoms with Gasteiger partial charge in [0.1, 0.15) is 0 Å². The van der Waals surface area contributed by atoms with Crippen LogP contribution in [-0.2, 0) is 9.53 Å². The number of pyridine rings is 1. The molecule has 0 radical (unpaired) electrons. The average molecular weight is 482 g/mol. The highest BCUT2D eigenvalue weighted by atomic mass is 16.5. The Labute approximate surface area is 209 Å². The summed E-state index contributed by atoms with van der Waals surface area (Å²) in [6.07, 6.45) is 4.73. The number of anilines is 4. The summed E-state index contributed by atoms with van der Waals surface area (Å²) in [6.45, 7) is 6.31. The van der Waals surface area contributed by atoms with Crippen LogP contribution in [0.2, 0.25) is 0 Å². The lowest BCUT2D eigenvalue weighted by molar-refractivity contribution is -0.111. The van der Waals surface area contributed by atoms with Crippen molar-refractivity contribution in [3.63, 3.8) is 0 Å². The molecule has 1 fully saturated rings. The maximum atomic E-state index is 11.7. The molecule has 1 aliphatic heterocycles. The van der Waals surface area contributed by atoms with Gasteiger partial charge < -0.3 is 26.0 Å². The van der Waals surface area contributed by atoms with E-state index in [2.05, 4.69) is 44.2 Å². The zero-order chi connectivity index (χ0) is 24.9. The smallest absolute Gasteiger partial charge is 0.247 e. The van der Waals surface area contributed by atoms with Crippen molar-refractivity contribution in [2.24, 2.45) is 5.73 Å². The van der Waals surface area contributed by atoms with Crippen LogP contribution in [-0.4, -0.2) is 53.2 Å². The molecule has 1 amide bonds. The largest absolute Gasteiger partial charge is 0.373 e. The highest BCUT2D eigenvalue weighted by Gasteiger charge is 2.19. The van der Waals surface area contributed by atoms with Gasteiger partial charge in [0.2, 0.25) is 11.9 Å². The SMILES string of the molecule is C=CC(=O)Nc1ccnc(-c2cccc3cnc(Nc4ccc(N5CCOC(CN)C5)cc4)nc23)c1. The zero-order valence-electron chi connectivity index (χ0n) is 19.7. The Morgan fingerprint density at radius 2 is 2.03 bits per heavy atom. The molecule has 0 aliphatic carbocycles. The number of nitrogens with zero attached hydrogens (tertiary/aromatic N) is 4. The lowest BCUT2D eigenvalue weighted by atomic mass is 10.1. The molecule has 0 saturated carbocycles. The number of nitrogens with one attached hydrogen (secondary N) is 2. The first kappa shape index (κ1) is 23.4. The van der Waals surface area contributed by atoms with Gasteiger partial charge in [0.25, 0.3) is 0 Å². The first-order valence-electron chi connectivity index (χ1n) is 11.7. The summed E-state index contributed by atoms with van der Waals surface area (Å²) in [5.74, 6) is 0.200. The molecular formula is C27H27N7O2. The lowest BCUT2D eigenvalue weighted by Crippen LogP contribution is -2.45. The minimum Gasteiger partial charge on any atom is -0.373 e. The Morgan fingerprint density at radius 3 is 2.83 bits per heavy atom. The van der Waals surface area contributed by atoms with E-state index in [-0.39, 0.29) is 12.0 Å². The molecule has 4 aromatic rings. The normalized spacial score (nSPS) is 15.5. The van der Waals surface area contributed by atoms with Crippen LogP contribution in [0.15, 0.2) is 79.6 Å². The molecule has 1 unspecified atom stereocenters. The molecule has 5 rings (SSSR count). The predicted molar refractivity (Wildman–Crippen MR) is 142 cm³/mol. The van der Waals surface area contributed by atoms with Crippen LogP contribution in [0.4, 0.5) is 23.0 Å². The Morgan fingerprint density at radius 1 is 1.17 bits per heavy atom. The van der Waals surface area contributed by atoms with Crippen LogP contribution in [0.1, 0.15) is 0 Å². The first-order chi connectivity index (χ1) is 17.6. The molecule has 0 spiro atoms. The Kier molecular flexibility index (Phi) is 6.83. The van der Waals surface area contributed by atoms with Crippen molar-refractivity contribution in [2.75, 3.05) is 41.8 Å². The van der Waals surface area contributed by atoms with Gasteiger partial charge in [-0.05, 0) is 42.5 Å². The number of aromatic nitrogens is 3. The van der Waals surface area contributed by atoms with E-state index in [1.54, 1.807) is 18.5 Å². The molecule has 9 nitrogen and oxygen atoms in total. The maximum Gasteiger partial charge on any atom is 0.247 e. The number of fused-ring (bicyclic) bond motifs is 1. The van der Waals surface area contributed by atoms with Crippen LogP contribution >= 0.6 is 0 Å². The quantitative estimate of drug-likeness (QED) is 0.342. The highest BCUT2D eigenvalue weighted by Crippen LogP contribution is 2.29. The van der Waals surface area contributed by atoms with Gasteiger partial charge in [0, 0.05) is 60.0 Å². The fraction of sp³-hybridized carbons (Fsp3) is 0.185. The second kappa shape index (κ2) is 10.5. The van der Waals surface area contributed by atoms with Crippen LogP contribution in [0, 0.1) is 0 Å². The van der Waals surface area contributed by atoms with Gasteiger partial charge in [-0.3, -0.25) is 9.78 Å². The predicted octanol–water partition coefficient (Wildman–Crippen LogP) is 3.72. The first-order valence-corrected chi connectivity index (χ1v) is 11.7. The molecule has 1 atom stereocenters. The molecule has 4 N–H and O–H groups in total. The summed E-state index contributed by atoms with van der Waals surface area (Å²) in [6, 6.07) is 17.5. The van der Waals surface area contributed by atoms with E-state index in [9.17, 15) is 4.79 Å². The zero-order valence-corrected chi connectivity index (χ0v) is 19.7. The number of hydrogen-bond donors (Lipinski definition) is 3. The monoisotopic (exact) mass is 481 g/mol. The molecule has 1 aliphatic rings. The Bertz CT molecular complexity index is 1390. The summed E-state index contributed by atoms with van der Waals surface area (Å²) in [7, 11) is 0. The van der Waals surface area contributed by atoms with Gasteiger partial charge in [-0.25, -0.2) is 9.97 Å². The van der Waals surface area contributed by atoms with Gasteiger partial charge in [-0.2, -0.15) is 0 Å². The second-order valence-electron chi connectivity index (χ2n) is 8.41. The number of amides is 1. The summed E-state index contributed by atoms with van der Waals surface area (Å²) < 4.78 is 5.66. The van der Waals surface area contributed by atoms with Crippen LogP contribution in [0.25, 0.3) is 22.2 Å². The fourth-order valence-corrected chi connectivity index (χ4v) is 4.15. The topological polar surface area (TPSA) is 118 Å². The number of benzene rings is 2. The van der Waals surface area contributed by atoms with E-state index in [1.807, 2.05) is 36.4 Å². The van der Waals surface area contributed by atoms with E-state index >= 15 is 0 Å². The molecule has 182 valence electrons. The molecule has 2 aromatic heterocycles. The number of carbonyl (C=O) groups is 1. The molecule has 9 heteroatoms. The van der Waals surface area contributed by atoms with Crippen molar-refractivity contribution >= 4 is 39.8 Å². The van der Waals surface area contributed by atoms with Crippen LogP contribution in [0.3, 0.4) is 0 Å².